The number of hydrogen-bond donors (Lipinski definition) is 2. The molecule has 1 aliphatic heterocycles. The number of carbonyl (C=O) groups excluding carboxylic acids is 2. The first kappa shape index (κ1) is 28.1. The largest absolute Gasteiger partial charge is 0.383 e. The van der Waals surface area contributed by atoms with Crippen molar-refractivity contribution in [3.63, 3.8) is 0 Å². The number of rotatable bonds is 12. The van der Waals surface area contributed by atoms with Gasteiger partial charge in [0.15, 0.2) is 0 Å². The molecule has 2 heterocycles. The highest BCUT2D eigenvalue weighted by Crippen LogP contribution is 2.19. The molecule has 0 aliphatic carbocycles. The number of amides is 3. The molecule has 1 unspecified atom stereocenters. The molecule has 3 rings (SSSR count). The maximum Gasteiger partial charge on any atom is 0.322 e. The van der Waals surface area contributed by atoms with Crippen molar-refractivity contribution >= 4 is 29.0 Å². The molecule has 2 N–H and O–H groups in total. The van der Waals surface area contributed by atoms with Gasteiger partial charge in [-0.2, -0.15) is 0 Å². The second-order valence-electron chi connectivity index (χ2n) is 9.74. The molecular formula is C27H41N5O3S. The minimum atomic E-state index is -0.225. The minimum Gasteiger partial charge on any atom is -0.383 e. The summed E-state index contributed by atoms with van der Waals surface area (Å²) in [4.78, 5) is 34.2. The van der Waals surface area contributed by atoms with E-state index in [9.17, 15) is 9.59 Å². The van der Waals surface area contributed by atoms with E-state index in [-0.39, 0.29) is 11.9 Å². The Kier molecular flexibility index (Phi) is 11.2. The Morgan fingerprint density at radius 3 is 2.72 bits per heavy atom. The van der Waals surface area contributed by atoms with Gasteiger partial charge in [0.05, 0.1) is 13.2 Å². The summed E-state index contributed by atoms with van der Waals surface area (Å²) in [6.45, 7) is 10.5. The van der Waals surface area contributed by atoms with Crippen molar-refractivity contribution in [2.45, 2.75) is 65.0 Å². The molecule has 198 valence electrons. The molecule has 1 fully saturated rings. The zero-order valence-electron chi connectivity index (χ0n) is 22.1. The van der Waals surface area contributed by atoms with Crippen LogP contribution in [0.2, 0.25) is 0 Å². The second kappa shape index (κ2) is 14.3. The Morgan fingerprint density at radius 1 is 1.25 bits per heavy atom. The highest BCUT2D eigenvalue weighted by atomic mass is 32.1. The molecule has 0 saturated carbocycles. The van der Waals surface area contributed by atoms with Gasteiger partial charge in [0, 0.05) is 43.9 Å². The van der Waals surface area contributed by atoms with Crippen LogP contribution in [0.4, 0.5) is 10.5 Å². The van der Waals surface area contributed by atoms with E-state index in [0.717, 1.165) is 25.2 Å². The van der Waals surface area contributed by atoms with Crippen molar-refractivity contribution in [1.82, 2.24) is 20.1 Å². The Balaban J connectivity index is 1.50. The number of thiazole rings is 1. The Morgan fingerprint density at radius 2 is 2.03 bits per heavy atom. The van der Waals surface area contributed by atoms with Gasteiger partial charge in [0.1, 0.15) is 10.7 Å². The van der Waals surface area contributed by atoms with Crippen LogP contribution >= 0.6 is 11.3 Å². The van der Waals surface area contributed by atoms with Gasteiger partial charge >= 0.3 is 6.03 Å². The summed E-state index contributed by atoms with van der Waals surface area (Å²) in [6.07, 6.45) is 4.77. The molecule has 9 heteroatoms. The predicted octanol–water partition coefficient (Wildman–Crippen LogP) is 4.94. The van der Waals surface area contributed by atoms with E-state index in [4.69, 9.17) is 4.74 Å². The van der Waals surface area contributed by atoms with E-state index in [1.807, 2.05) is 24.3 Å². The van der Waals surface area contributed by atoms with Crippen molar-refractivity contribution in [3.8, 4) is 0 Å². The first-order valence-electron chi connectivity index (χ1n) is 13.0. The minimum absolute atomic E-state index is 0.165. The number of ether oxygens (including phenoxy) is 1. The van der Waals surface area contributed by atoms with E-state index < -0.39 is 0 Å². The lowest BCUT2D eigenvalue weighted by Gasteiger charge is -2.33. The van der Waals surface area contributed by atoms with Gasteiger partial charge in [-0.05, 0) is 56.3 Å². The monoisotopic (exact) mass is 515 g/mol. The fourth-order valence-corrected chi connectivity index (χ4v) is 5.11. The van der Waals surface area contributed by atoms with Crippen molar-refractivity contribution < 1.29 is 14.3 Å². The molecule has 36 heavy (non-hydrogen) atoms. The fraction of sp³-hybridized carbons (Fsp3) is 0.593. The maximum absolute atomic E-state index is 13.0. The van der Waals surface area contributed by atoms with Crippen LogP contribution in [0.5, 0.6) is 0 Å². The normalized spacial score (nSPS) is 16.2. The summed E-state index contributed by atoms with van der Waals surface area (Å²) < 4.78 is 5.19. The average molecular weight is 516 g/mol. The van der Waals surface area contributed by atoms with Gasteiger partial charge in [0.2, 0.25) is 0 Å². The zero-order chi connectivity index (χ0) is 25.9. The van der Waals surface area contributed by atoms with Crippen molar-refractivity contribution in [3.05, 3.63) is 45.9 Å². The Labute approximate surface area is 219 Å². The van der Waals surface area contributed by atoms with Gasteiger partial charge in [-0.1, -0.05) is 32.4 Å². The molecule has 1 aromatic heterocycles. The highest BCUT2D eigenvalue weighted by molar-refractivity contribution is 7.09. The Hall–Kier alpha value is -2.49. The lowest BCUT2D eigenvalue weighted by Crippen LogP contribution is -2.39. The zero-order valence-corrected chi connectivity index (χ0v) is 22.9. The first-order valence-corrected chi connectivity index (χ1v) is 13.9. The lowest BCUT2D eigenvalue weighted by molar-refractivity contribution is 0.0944. The van der Waals surface area contributed by atoms with Crippen LogP contribution in [0, 0.1) is 0 Å². The number of nitrogens with one attached hydrogen (secondary N) is 2. The number of carbonyl (C=O) groups is 2. The third kappa shape index (κ3) is 8.57. The number of nitrogens with zero attached hydrogens (tertiary/aromatic N) is 3. The highest BCUT2D eigenvalue weighted by Gasteiger charge is 2.19. The molecule has 0 bridgehead atoms. The third-order valence-electron chi connectivity index (χ3n) is 6.64. The number of urea groups is 1. The number of methoxy groups -OCH3 is 1. The number of anilines is 1. The summed E-state index contributed by atoms with van der Waals surface area (Å²) in [5, 5.41) is 8.41. The Bertz CT molecular complexity index is 963. The van der Waals surface area contributed by atoms with E-state index >= 15 is 0 Å². The molecular weight excluding hydrogens is 474 g/mol. The standard InChI is InChI=1S/C27H41N5O3S/c1-20(2)22-9-11-23(12-10-22)29-27(34)32(16-17-35-4)18-25-30-24(19-36-25)26(33)28-13-7-15-31-14-6-5-8-21(31)3/h9-12,19-21H,5-8,13-18H2,1-4H3,(H,28,33)(H,29,34). The smallest absolute Gasteiger partial charge is 0.322 e. The summed E-state index contributed by atoms with van der Waals surface area (Å²) in [6, 6.07) is 8.29. The molecule has 1 atom stereocenters. The first-order chi connectivity index (χ1) is 17.4. The molecule has 0 spiro atoms. The molecule has 1 aromatic carbocycles. The summed E-state index contributed by atoms with van der Waals surface area (Å²) in [5.74, 6) is 0.268. The number of aromatic nitrogens is 1. The molecule has 2 aromatic rings. The van der Waals surface area contributed by atoms with Crippen LogP contribution in [0.15, 0.2) is 29.6 Å². The van der Waals surface area contributed by atoms with Crippen molar-refractivity contribution in [1.29, 1.82) is 0 Å². The van der Waals surface area contributed by atoms with Crippen LogP contribution in [0.25, 0.3) is 0 Å². The molecule has 1 aliphatic rings. The average Bonchev–Trinajstić information content (AvgIpc) is 3.34. The van der Waals surface area contributed by atoms with Crippen LogP contribution in [0.3, 0.4) is 0 Å². The van der Waals surface area contributed by atoms with Gasteiger partial charge in [-0.3, -0.25) is 4.79 Å². The number of likely N-dealkylation sites (tertiary alicyclic amines) is 1. The van der Waals surface area contributed by atoms with E-state index in [1.165, 1.54) is 36.2 Å². The molecule has 0 radical (unpaired) electrons. The van der Waals surface area contributed by atoms with E-state index in [0.29, 0.717) is 48.9 Å². The van der Waals surface area contributed by atoms with Crippen LogP contribution in [0.1, 0.15) is 73.4 Å². The molecule has 1 saturated heterocycles. The van der Waals surface area contributed by atoms with Crippen molar-refractivity contribution in [2.75, 3.05) is 45.2 Å². The van der Waals surface area contributed by atoms with Crippen molar-refractivity contribution in [2.24, 2.45) is 0 Å². The fourth-order valence-electron chi connectivity index (χ4n) is 4.32. The van der Waals surface area contributed by atoms with Crippen LogP contribution < -0.4 is 10.6 Å². The molecule has 8 nitrogen and oxygen atoms in total. The predicted molar refractivity (Wildman–Crippen MR) is 146 cm³/mol. The van der Waals surface area contributed by atoms with Crippen LogP contribution in [-0.4, -0.2) is 72.7 Å². The van der Waals surface area contributed by atoms with Gasteiger partial charge < -0.3 is 25.2 Å². The summed E-state index contributed by atoms with van der Waals surface area (Å²) in [7, 11) is 1.61. The second-order valence-corrected chi connectivity index (χ2v) is 10.7. The SMILES string of the molecule is COCCN(Cc1nc(C(=O)NCCCN2CCCCC2C)cs1)C(=O)Nc1ccc(C(C)C)cc1. The lowest BCUT2D eigenvalue weighted by atomic mass is 10.0. The summed E-state index contributed by atoms with van der Waals surface area (Å²) >= 11 is 1.39. The summed E-state index contributed by atoms with van der Waals surface area (Å²) in [5.41, 5.74) is 2.36. The van der Waals surface area contributed by atoms with Gasteiger partial charge in [0.25, 0.3) is 5.91 Å². The van der Waals surface area contributed by atoms with Gasteiger partial charge in [-0.15, -0.1) is 11.3 Å². The third-order valence-corrected chi connectivity index (χ3v) is 7.47. The number of piperidine rings is 1. The topological polar surface area (TPSA) is 86.8 Å². The van der Waals surface area contributed by atoms with E-state index in [1.54, 1.807) is 17.4 Å². The van der Waals surface area contributed by atoms with E-state index in [2.05, 4.69) is 41.3 Å². The van der Waals surface area contributed by atoms with Crippen LogP contribution in [-0.2, 0) is 11.3 Å². The quantitative estimate of drug-likeness (QED) is 0.391. The number of benzene rings is 1. The van der Waals surface area contributed by atoms with Gasteiger partial charge in [-0.25, -0.2) is 9.78 Å². The number of hydrogen-bond acceptors (Lipinski definition) is 6. The molecule has 3 amide bonds. The maximum atomic E-state index is 13.0.